The Morgan fingerprint density at radius 1 is 1.00 bits per heavy atom. The average Bonchev–Trinajstić information content (AvgIpc) is 2.81. The van der Waals surface area contributed by atoms with Crippen LogP contribution in [0.15, 0.2) is 48.5 Å². The second kappa shape index (κ2) is 5.12. The van der Waals surface area contributed by atoms with Crippen LogP contribution in [0.1, 0.15) is 11.4 Å². The molecule has 0 bridgehead atoms. The van der Waals surface area contributed by atoms with E-state index in [1.54, 1.807) is 12.1 Å². The zero-order chi connectivity index (χ0) is 14.9. The number of hydrogen-bond acceptors (Lipinski definition) is 2. The zero-order valence-electron chi connectivity index (χ0n) is 10.8. The van der Waals surface area contributed by atoms with Crippen molar-refractivity contribution in [3.05, 3.63) is 59.9 Å². The van der Waals surface area contributed by atoms with E-state index in [1.807, 2.05) is 24.3 Å². The van der Waals surface area contributed by atoms with Crippen molar-refractivity contribution < 1.29 is 17.9 Å². The van der Waals surface area contributed by atoms with E-state index in [2.05, 4.69) is 14.7 Å². The van der Waals surface area contributed by atoms with Crippen molar-refractivity contribution in [1.82, 2.24) is 9.97 Å². The van der Waals surface area contributed by atoms with Crippen LogP contribution >= 0.6 is 0 Å². The molecule has 21 heavy (non-hydrogen) atoms. The molecule has 0 aliphatic carbocycles. The van der Waals surface area contributed by atoms with Crippen molar-refractivity contribution in [3.8, 4) is 5.75 Å². The van der Waals surface area contributed by atoms with Crippen molar-refractivity contribution in [2.24, 2.45) is 0 Å². The number of halogens is 3. The van der Waals surface area contributed by atoms with Crippen LogP contribution in [0.25, 0.3) is 11.0 Å². The number of ether oxygens (including phenoxy) is 1. The first-order valence-corrected chi connectivity index (χ1v) is 6.28. The molecule has 0 aliphatic heterocycles. The SMILES string of the molecule is FC(F)(F)Oc1ccc(Cc2nc3ccccc3[nH]2)cc1. The van der Waals surface area contributed by atoms with Gasteiger partial charge in [-0.3, -0.25) is 0 Å². The Morgan fingerprint density at radius 3 is 2.38 bits per heavy atom. The molecule has 0 saturated heterocycles. The van der Waals surface area contributed by atoms with Gasteiger partial charge in [0, 0.05) is 6.42 Å². The molecule has 3 rings (SSSR count). The van der Waals surface area contributed by atoms with Crippen LogP contribution in [0.5, 0.6) is 5.75 Å². The fourth-order valence-corrected chi connectivity index (χ4v) is 2.09. The highest BCUT2D eigenvalue weighted by atomic mass is 19.4. The lowest BCUT2D eigenvalue weighted by molar-refractivity contribution is -0.274. The molecule has 0 radical (unpaired) electrons. The number of H-pyrrole nitrogens is 1. The Bertz CT molecular complexity index is 714. The fraction of sp³-hybridized carbons (Fsp3) is 0.133. The van der Waals surface area contributed by atoms with Crippen molar-refractivity contribution in [2.75, 3.05) is 0 Å². The molecule has 0 saturated carbocycles. The third-order valence-corrected chi connectivity index (χ3v) is 2.97. The number of nitrogens with one attached hydrogen (secondary N) is 1. The molecule has 108 valence electrons. The molecule has 1 N–H and O–H groups in total. The number of aromatic amines is 1. The summed E-state index contributed by atoms with van der Waals surface area (Å²) in [4.78, 5) is 7.60. The maximum Gasteiger partial charge on any atom is 0.573 e. The van der Waals surface area contributed by atoms with Crippen molar-refractivity contribution in [3.63, 3.8) is 0 Å². The van der Waals surface area contributed by atoms with Crippen molar-refractivity contribution in [1.29, 1.82) is 0 Å². The van der Waals surface area contributed by atoms with Gasteiger partial charge >= 0.3 is 6.36 Å². The first-order valence-electron chi connectivity index (χ1n) is 6.28. The van der Waals surface area contributed by atoms with Crippen LogP contribution in [0.2, 0.25) is 0 Å². The minimum Gasteiger partial charge on any atom is -0.406 e. The van der Waals surface area contributed by atoms with Gasteiger partial charge in [0.2, 0.25) is 0 Å². The summed E-state index contributed by atoms with van der Waals surface area (Å²) >= 11 is 0. The number of hydrogen-bond donors (Lipinski definition) is 1. The number of para-hydroxylation sites is 2. The highest BCUT2D eigenvalue weighted by molar-refractivity contribution is 5.74. The minimum atomic E-state index is -4.67. The Hall–Kier alpha value is -2.50. The molecule has 6 heteroatoms. The first kappa shape index (κ1) is 13.5. The summed E-state index contributed by atoms with van der Waals surface area (Å²) in [5, 5.41) is 0. The van der Waals surface area contributed by atoms with Gasteiger partial charge in [-0.2, -0.15) is 0 Å². The second-order valence-electron chi connectivity index (χ2n) is 4.57. The standard InChI is InChI=1S/C15H11F3N2O/c16-15(17,18)21-11-7-5-10(6-8-11)9-14-19-12-3-1-2-4-13(12)20-14/h1-8H,9H2,(H,19,20). The molecule has 1 heterocycles. The van der Waals surface area contributed by atoms with E-state index < -0.39 is 6.36 Å². The molecular formula is C15H11F3N2O. The van der Waals surface area contributed by atoms with E-state index in [9.17, 15) is 13.2 Å². The zero-order valence-corrected chi connectivity index (χ0v) is 10.8. The predicted molar refractivity (Wildman–Crippen MR) is 72.0 cm³/mol. The Labute approximate surface area is 118 Å². The highest BCUT2D eigenvalue weighted by Crippen LogP contribution is 2.23. The van der Waals surface area contributed by atoms with Gasteiger partial charge in [-0.1, -0.05) is 24.3 Å². The molecule has 0 aliphatic rings. The van der Waals surface area contributed by atoms with Crippen LogP contribution in [0.3, 0.4) is 0 Å². The van der Waals surface area contributed by atoms with Gasteiger partial charge in [-0.25, -0.2) is 4.98 Å². The number of imidazole rings is 1. The minimum absolute atomic E-state index is 0.226. The fourth-order valence-electron chi connectivity index (χ4n) is 2.09. The third-order valence-electron chi connectivity index (χ3n) is 2.97. The lowest BCUT2D eigenvalue weighted by Crippen LogP contribution is -2.17. The average molecular weight is 292 g/mol. The van der Waals surface area contributed by atoms with E-state index in [0.717, 1.165) is 22.4 Å². The Morgan fingerprint density at radius 2 is 1.71 bits per heavy atom. The van der Waals surface area contributed by atoms with Crippen molar-refractivity contribution in [2.45, 2.75) is 12.8 Å². The summed E-state index contributed by atoms with van der Waals surface area (Å²) in [6.45, 7) is 0. The number of benzene rings is 2. The Balaban J connectivity index is 1.75. The van der Waals surface area contributed by atoms with Gasteiger partial charge in [0.05, 0.1) is 11.0 Å². The monoisotopic (exact) mass is 292 g/mol. The molecule has 0 unspecified atom stereocenters. The number of fused-ring (bicyclic) bond motifs is 1. The molecule has 0 atom stereocenters. The molecule has 0 spiro atoms. The predicted octanol–water partition coefficient (Wildman–Crippen LogP) is 4.05. The van der Waals surface area contributed by atoms with E-state index in [4.69, 9.17) is 0 Å². The molecular weight excluding hydrogens is 281 g/mol. The lowest BCUT2D eigenvalue weighted by atomic mass is 10.1. The highest BCUT2D eigenvalue weighted by Gasteiger charge is 2.30. The summed E-state index contributed by atoms with van der Waals surface area (Å²) in [6.07, 6.45) is -4.15. The molecule has 0 amide bonds. The smallest absolute Gasteiger partial charge is 0.406 e. The van der Waals surface area contributed by atoms with Crippen molar-refractivity contribution >= 4 is 11.0 Å². The van der Waals surface area contributed by atoms with Gasteiger partial charge < -0.3 is 9.72 Å². The normalized spacial score (nSPS) is 11.8. The summed E-state index contributed by atoms with van der Waals surface area (Å²) in [5.41, 5.74) is 2.65. The summed E-state index contributed by atoms with van der Waals surface area (Å²) in [7, 11) is 0. The van der Waals surface area contributed by atoms with Gasteiger partial charge in [0.25, 0.3) is 0 Å². The van der Waals surface area contributed by atoms with E-state index >= 15 is 0 Å². The Kier molecular flexibility index (Phi) is 3.29. The maximum atomic E-state index is 12.1. The molecule has 3 nitrogen and oxygen atoms in total. The van der Waals surface area contributed by atoms with Gasteiger partial charge in [0.15, 0.2) is 0 Å². The van der Waals surface area contributed by atoms with Gasteiger partial charge in [-0.15, -0.1) is 13.2 Å². The number of rotatable bonds is 3. The summed E-state index contributed by atoms with van der Waals surface area (Å²) in [5.74, 6) is 0.538. The lowest BCUT2D eigenvalue weighted by Gasteiger charge is -2.08. The molecule has 2 aromatic carbocycles. The summed E-state index contributed by atoms with van der Waals surface area (Å²) in [6, 6.07) is 13.4. The number of aromatic nitrogens is 2. The summed E-state index contributed by atoms with van der Waals surface area (Å²) < 4.78 is 40.0. The number of nitrogens with zero attached hydrogens (tertiary/aromatic N) is 1. The van der Waals surface area contributed by atoms with E-state index in [1.165, 1.54) is 12.1 Å². The number of alkyl halides is 3. The molecule has 0 fully saturated rings. The van der Waals surface area contributed by atoms with E-state index in [-0.39, 0.29) is 5.75 Å². The van der Waals surface area contributed by atoms with E-state index in [0.29, 0.717) is 6.42 Å². The topological polar surface area (TPSA) is 37.9 Å². The molecule has 1 aromatic heterocycles. The third kappa shape index (κ3) is 3.34. The van der Waals surface area contributed by atoms with Gasteiger partial charge in [-0.05, 0) is 29.8 Å². The van der Waals surface area contributed by atoms with Gasteiger partial charge in [0.1, 0.15) is 11.6 Å². The van der Waals surface area contributed by atoms with Crippen LogP contribution < -0.4 is 4.74 Å². The largest absolute Gasteiger partial charge is 0.573 e. The second-order valence-corrected chi connectivity index (χ2v) is 4.57. The van der Waals surface area contributed by atoms with Crippen LogP contribution in [-0.4, -0.2) is 16.3 Å². The van der Waals surface area contributed by atoms with Crippen LogP contribution in [0, 0.1) is 0 Å². The molecule has 3 aromatic rings. The van der Waals surface area contributed by atoms with Crippen LogP contribution in [-0.2, 0) is 6.42 Å². The van der Waals surface area contributed by atoms with Crippen LogP contribution in [0.4, 0.5) is 13.2 Å². The maximum absolute atomic E-state index is 12.1. The quantitative estimate of drug-likeness (QED) is 0.790. The first-order chi connectivity index (χ1) is 9.99.